The number of rotatable bonds is 5. The van der Waals surface area contributed by atoms with Crippen LogP contribution in [0, 0.1) is 19.8 Å². The largest absolute Gasteiger partial charge is 0.496 e. The fourth-order valence-electron chi connectivity index (χ4n) is 3.33. The molecule has 106 valence electrons. The van der Waals surface area contributed by atoms with Crippen molar-refractivity contribution >= 4 is 0 Å². The fourth-order valence-corrected chi connectivity index (χ4v) is 3.33. The van der Waals surface area contributed by atoms with Crippen LogP contribution >= 0.6 is 0 Å². The number of hydrogen-bond donors (Lipinski definition) is 1. The summed E-state index contributed by atoms with van der Waals surface area (Å²) in [6.07, 6.45) is 0.941. The first kappa shape index (κ1) is 14.4. The fraction of sp³-hybridized carbons (Fsp3) is 0.625. The van der Waals surface area contributed by atoms with Crippen LogP contribution < -0.4 is 4.74 Å². The zero-order valence-electron chi connectivity index (χ0n) is 12.3. The number of aryl methyl sites for hydroxylation is 2. The number of aliphatic hydroxyl groups is 1. The van der Waals surface area contributed by atoms with Crippen LogP contribution in [0.1, 0.15) is 30.0 Å². The van der Waals surface area contributed by atoms with Gasteiger partial charge in [-0.1, -0.05) is 19.4 Å². The highest BCUT2D eigenvalue weighted by Crippen LogP contribution is 2.46. The van der Waals surface area contributed by atoms with Crippen LogP contribution in [0.25, 0.3) is 0 Å². The van der Waals surface area contributed by atoms with Crippen molar-refractivity contribution in [2.75, 3.05) is 26.9 Å². The molecule has 1 aliphatic heterocycles. The summed E-state index contributed by atoms with van der Waals surface area (Å²) in [4.78, 5) is 0. The van der Waals surface area contributed by atoms with Crippen LogP contribution in [0.15, 0.2) is 12.1 Å². The molecular formula is C16H24O3. The smallest absolute Gasteiger partial charge is 0.123 e. The molecule has 1 unspecified atom stereocenters. The minimum atomic E-state index is -0.0906. The number of ether oxygens (including phenoxy) is 2. The molecule has 0 aromatic heterocycles. The molecule has 0 amide bonds. The predicted molar refractivity (Wildman–Crippen MR) is 75.8 cm³/mol. The van der Waals surface area contributed by atoms with Crippen molar-refractivity contribution in [3.05, 3.63) is 28.8 Å². The van der Waals surface area contributed by atoms with Crippen LogP contribution in [0.3, 0.4) is 0 Å². The van der Waals surface area contributed by atoms with Gasteiger partial charge in [-0.25, -0.2) is 0 Å². The maximum atomic E-state index is 9.70. The number of aliphatic hydroxyl groups excluding tert-OH is 1. The second kappa shape index (κ2) is 5.51. The van der Waals surface area contributed by atoms with Gasteiger partial charge in [-0.15, -0.1) is 0 Å². The first-order valence-electron chi connectivity index (χ1n) is 6.93. The minimum Gasteiger partial charge on any atom is -0.496 e. The van der Waals surface area contributed by atoms with E-state index in [2.05, 4.69) is 32.9 Å². The van der Waals surface area contributed by atoms with Crippen molar-refractivity contribution in [2.45, 2.75) is 32.6 Å². The van der Waals surface area contributed by atoms with Gasteiger partial charge in [-0.3, -0.25) is 0 Å². The molecule has 0 aliphatic carbocycles. The molecule has 1 aromatic rings. The van der Waals surface area contributed by atoms with Crippen LogP contribution in [0.2, 0.25) is 0 Å². The highest BCUT2D eigenvalue weighted by molar-refractivity contribution is 5.49. The summed E-state index contributed by atoms with van der Waals surface area (Å²) in [5.74, 6) is 1.14. The lowest BCUT2D eigenvalue weighted by Gasteiger charge is -2.48. The van der Waals surface area contributed by atoms with Gasteiger partial charge in [0.15, 0.2) is 0 Å². The third kappa shape index (κ3) is 2.26. The van der Waals surface area contributed by atoms with Crippen molar-refractivity contribution in [2.24, 2.45) is 5.92 Å². The lowest BCUT2D eigenvalue weighted by Crippen LogP contribution is -2.54. The average molecular weight is 264 g/mol. The van der Waals surface area contributed by atoms with Crippen LogP contribution in [-0.4, -0.2) is 32.0 Å². The van der Waals surface area contributed by atoms with Crippen molar-refractivity contribution < 1.29 is 14.6 Å². The summed E-state index contributed by atoms with van der Waals surface area (Å²) >= 11 is 0. The third-order valence-electron chi connectivity index (χ3n) is 4.38. The van der Waals surface area contributed by atoms with Gasteiger partial charge in [0.25, 0.3) is 0 Å². The summed E-state index contributed by atoms with van der Waals surface area (Å²) in [5, 5.41) is 9.70. The van der Waals surface area contributed by atoms with Gasteiger partial charge < -0.3 is 14.6 Å². The van der Waals surface area contributed by atoms with Crippen LogP contribution in [0.4, 0.5) is 0 Å². The Kier molecular flexibility index (Phi) is 4.16. The lowest BCUT2D eigenvalue weighted by molar-refractivity contribution is -0.102. The molecule has 1 aliphatic rings. The summed E-state index contributed by atoms with van der Waals surface area (Å²) in [6, 6.07) is 4.26. The Morgan fingerprint density at radius 1 is 1.37 bits per heavy atom. The van der Waals surface area contributed by atoms with Gasteiger partial charge in [0.05, 0.1) is 25.7 Å². The number of benzene rings is 1. The monoisotopic (exact) mass is 264 g/mol. The zero-order chi connectivity index (χ0) is 14.0. The Morgan fingerprint density at radius 2 is 2.05 bits per heavy atom. The first-order chi connectivity index (χ1) is 9.08. The quantitative estimate of drug-likeness (QED) is 0.888. The van der Waals surface area contributed by atoms with Gasteiger partial charge in [-0.05, 0) is 37.0 Å². The molecule has 1 N–H and O–H groups in total. The van der Waals surface area contributed by atoms with E-state index in [1.54, 1.807) is 7.11 Å². The maximum absolute atomic E-state index is 9.70. The Bertz CT molecular complexity index is 446. The molecule has 1 atom stereocenters. The van der Waals surface area contributed by atoms with E-state index in [9.17, 15) is 5.11 Å². The molecule has 0 radical (unpaired) electrons. The molecule has 2 rings (SSSR count). The van der Waals surface area contributed by atoms with Gasteiger partial charge in [0, 0.05) is 12.2 Å². The van der Waals surface area contributed by atoms with Crippen molar-refractivity contribution in [1.29, 1.82) is 0 Å². The van der Waals surface area contributed by atoms with E-state index in [0.717, 1.165) is 12.2 Å². The average Bonchev–Trinajstić information content (AvgIpc) is 2.34. The normalized spacial score (nSPS) is 18.8. The molecule has 0 spiro atoms. The Balaban J connectivity index is 2.55. The minimum absolute atomic E-state index is 0.0906. The van der Waals surface area contributed by atoms with E-state index in [0.29, 0.717) is 13.2 Å². The first-order valence-corrected chi connectivity index (χ1v) is 6.93. The standard InChI is InChI=1S/C16H24O3/c1-5-13(8-17)16(9-19-10-16)15-12(3)6-11(2)7-14(15)18-4/h6-7,13,17H,5,8-10H2,1-4H3. The summed E-state index contributed by atoms with van der Waals surface area (Å²) in [7, 11) is 1.71. The molecule has 0 saturated carbocycles. The second-order valence-electron chi connectivity index (χ2n) is 5.60. The molecule has 1 heterocycles. The highest BCUT2D eigenvalue weighted by Gasteiger charge is 2.48. The van der Waals surface area contributed by atoms with Crippen molar-refractivity contribution in [3.8, 4) is 5.75 Å². The van der Waals surface area contributed by atoms with Crippen LogP contribution in [-0.2, 0) is 10.2 Å². The van der Waals surface area contributed by atoms with Crippen molar-refractivity contribution in [1.82, 2.24) is 0 Å². The molecule has 0 bridgehead atoms. The van der Waals surface area contributed by atoms with Gasteiger partial charge in [0.1, 0.15) is 5.75 Å². The summed E-state index contributed by atoms with van der Waals surface area (Å²) in [5.41, 5.74) is 3.55. The SMILES string of the molecule is CCC(CO)C1(c2c(C)cc(C)cc2OC)COC1. The lowest BCUT2D eigenvalue weighted by atomic mass is 9.66. The van der Waals surface area contributed by atoms with E-state index in [4.69, 9.17) is 9.47 Å². The van der Waals surface area contributed by atoms with E-state index in [1.807, 2.05) is 0 Å². The van der Waals surface area contributed by atoms with Crippen molar-refractivity contribution in [3.63, 3.8) is 0 Å². The molecular weight excluding hydrogens is 240 g/mol. The predicted octanol–water partition coefficient (Wildman–Crippen LogP) is 2.60. The summed E-state index contributed by atoms with van der Waals surface area (Å²) in [6.45, 7) is 7.85. The van der Waals surface area contributed by atoms with E-state index in [1.165, 1.54) is 16.7 Å². The molecule has 3 heteroatoms. The topological polar surface area (TPSA) is 38.7 Å². The Morgan fingerprint density at radius 3 is 2.47 bits per heavy atom. The molecule has 1 aromatic carbocycles. The van der Waals surface area contributed by atoms with E-state index in [-0.39, 0.29) is 17.9 Å². The number of methoxy groups -OCH3 is 1. The highest BCUT2D eigenvalue weighted by atomic mass is 16.5. The molecule has 19 heavy (non-hydrogen) atoms. The summed E-state index contributed by atoms with van der Waals surface area (Å²) < 4.78 is 11.1. The second-order valence-corrected chi connectivity index (χ2v) is 5.60. The Labute approximate surface area is 115 Å². The van der Waals surface area contributed by atoms with E-state index < -0.39 is 0 Å². The van der Waals surface area contributed by atoms with Gasteiger partial charge in [-0.2, -0.15) is 0 Å². The van der Waals surface area contributed by atoms with E-state index >= 15 is 0 Å². The Hall–Kier alpha value is -1.06. The van der Waals surface area contributed by atoms with Gasteiger partial charge in [0.2, 0.25) is 0 Å². The molecule has 1 saturated heterocycles. The molecule has 1 fully saturated rings. The maximum Gasteiger partial charge on any atom is 0.123 e. The van der Waals surface area contributed by atoms with Crippen LogP contribution in [0.5, 0.6) is 5.75 Å². The molecule has 3 nitrogen and oxygen atoms in total. The zero-order valence-corrected chi connectivity index (χ0v) is 12.3. The number of hydrogen-bond acceptors (Lipinski definition) is 3. The van der Waals surface area contributed by atoms with Gasteiger partial charge >= 0.3 is 0 Å². The third-order valence-corrected chi connectivity index (χ3v) is 4.38.